The third-order valence-electron chi connectivity index (χ3n) is 5.07. The number of hydrogen-bond donors (Lipinski definition) is 4. The second kappa shape index (κ2) is 9.00. The lowest BCUT2D eigenvalue weighted by Gasteiger charge is -2.20. The van der Waals surface area contributed by atoms with Crippen LogP contribution in [0.15, 0.2) is 39.9 Å². The maximum atomic E-state index is 12.9. The highest BCUT2D eigenvalue weighted by atomic mass is 16.3. The van der Waals surface area contributed by atoms with E-state index >= 15 is 0 Å². The van der Waals surface area contributed by atoms with Crippen molar-refractivity contribution in [3.05, 3.63) is 62.3 Å². The number of nitrogens with one attached hydrogen (secondary N) is 3. The van der Waals surface area contributed by atoms with E-state index in [0.29, 0.717) is 6.42 Å². The topological polar surface area (TPSA) is 137 Å². The van der Waals surface area contributed by atoms with Crippen molar-refractivity contribution < 1.29 is 9.90 Å². The number of aromatic amines is 1. The Morgan fingerprint density at radius 2 is 1.84 bits per heavy atom. The monoisotopic (exact) mass is 441 g/mol. The first-order valence-corrected chi connectivity index (χ1v) is 10.0. The van der Waals surface area contributed by atoms with Crippen molar-refractivity contribution >= 4 is 23.1 Å². The van der Waals surface area contributed by atoms with Crippen LogP contribution in [0.1, 0.15) is 35.4 Å². The fraction of sp³-hybridized carbons (Fsp3) is 0.333. The summed E-state index contributed by atoms with van der Waals surface area (Å²) in [5.74, 6) is -1.00. The first-order valence-electron chi connectivity index (χ1n) is 10.0. The second-order valence-corrected chi connectivity index (χ2v) is 7.56. The van der Waals surface area contributed by atoms with Gasteiger partial charge in [0, 0.05) is 28.2 Å². The number of aryl methyl sites for hydroxylation is 2. The molecule has 1 amide bonds. The fourth-order valence-electron chi connectivity index (χ4n) is 3.35. The smallest absolute Gasteiger partial charge is 0.290 e. The van der Waals surface area contributed by atoms with E-state index in [1.54, 1.807) is 14.1 Å². The highest BCUT2D eigenvalue weighted by Crippen LogP contribution is 2.31. The molecule has 11 nitrogen and oxygen atoms in total. The van der Waals surface area contributed by atoms with Crippen LogP contribution in [0.4, 0.5) is 17.2 Å². The zero-order valence-electron chi connectivity index (χ0n) is 18.6. The van der Waals surface area contributed by atoms with Crippen molar-refractivity contribution in [3.8, 4) is 5.75 Å². The molecule has 0 fully saturated rings. The quantitative estimate of drug-likeness (QED) is 0.436. The number of aromatic hydroxyl groups is 1. The van der Waals surface area contributed by atoms with Gasteiger partial charge in [0.2, 0.25) is 0 Å². The molecule has 170 valence electrons. The lowest BCUT2D eigenvalue weighted by Crippen LogP contribution is -2.32. The Kier molecular flexibility index (Phi) is 6.37. The van der Waals surface area contributed by atoms with Gasteiger partial charge in [-0.3, -0.25) is 28.8 Å². The molecule has 4 N–H and O–H groups in total. The third kappa shape index (κ3) is 4.22. The summed E-state index contributed by atoms with van der Waals surface area (Å²) < 4.78 is 2.29. The van der Waals surface area contributed by atoms with Crippen LogP contribution in [-0.2, 0) is 14.1 Å². The van der Waals surface area contributed by atoms with Crippen molar-refractivity contribution in [1.29, 1.82) is 0 Å². The molecule has 3 aromatic rings. The molecule has 1 aromatic carbocycles. The van der Waals surface area contributed by atoms with Gasteiger partial charge in [0.05, 0.1) is 6.04 Å². The number of H-pyrrole nitrogens is 1. The van der Waals surface area contributed by atoms with Gasteiger partial charge in [-0.1, -0.05) is 37.3 Å². The first-order chi connectivity index (χ1) is 15.1. The van der Waals surface area contributed by atoms with Crippen molar-refractivity contribution in [2.45, 2.75) is 19.4 Å². The van der Waals surface area contributed by atoms with Gasteiger partial charge in [-0.2, -0.15) is 5.10 Å². The van der Waals surface area contributed by atoms with Crippen LogP contribution in [0, 0.1) is 0 Å². The van der Waals surface area contributed by atoms with Crippen LogP contribution in [0.3, 0.4) is 0 Å². The molecule has 0 aliphatic carbocycles. The van der Waals surface area contributed by atoms with Gasteiger partial charge in [-0.15, -0.1) is 0 Å². The van der Waals surface area contributed by atoms with Crippen molar-refractivity contribution in [2.75, 3.05) is 24.7 Å². The van der Waals surface area contributed by atoms with E-state index in [9.17, 15) is 19.5 Å². The van der Waals surface area contributed by atoms with Crippen LogP contribution >= 0.6 is 0 Å². The maximum Gasteiger partial charge on any atom is 0.290 e. The van der Waals surface area contributed by atoms with Gasteiger partial charge < -0.3 is 20.6 Å². The molecule has 0 spiro atoms. The van der Waals surface area contributed by atoms with E-state index in [2.05, 4.69) is 20.8 Å². The van der Waals surface area contributed by atoms with Crippen LogP contribution in [0.2, 0.25) is 0 Å². The Morgan fingerprint density at radius 3 is 2.44 bits per heavy atom. The standard InChI is InChI=1S/C21H27N7O4/c1-6-13(12-10-8-7-9-11-12)22-15-14(19(30)25-28(5)20(15)31)23-18-17(29)16(27(4)24-18)21(32)26(2)3/h7-11,13,22,29H,6H2,1-5H3,(H,23,24)(H,25,30)/t13-/m1/s1. The molecule has 32 heavy (non-hydrogen) atoms. The zero-order valence-corrected chi connectivity index (χ0v) is 18.6. The van der Waals surface area contributed by atoms with Gasteiger partial charge in [-0.05, 0) is 12.0 Å². The Labute approximate surface area is 184 Å². The molecule has 2 aromatic heterocycles. The summed E-state index contributed by atoms with van der Waals surface area (Å²) in [6.07, 6.45) is 0.649. The third-order valence-corrected chi connectivity index (χ3v) is 5.07. The van der Waals surface area contributed by atoms with Crippen molar-refractivity contribution in [1.82, 2.24) is 24.5 Å². The summed E-state index contributed by atoms with van der Waals surface area (Å²) in [6, 6.07) is 9.29. The van der Waals surface area contributed by atoms with Gasteiger partial charge in [0.15, 0.2) is 17.3 Å². The van der Waals surface area contributed by atoms with E-state index in [-0.39, 0.29) is 28.9 Å². The summed E-state index contributed by atoms with van der Waals surface area (Å²) in [6.45, 7) is 1.96. The zero-order chi connectivity index (χ0) is 23.6. The molecule has 0 bridgehead atoms. The van der Waals surface area contributed by atoms with Gasteiger partial charge in [-0.25, -0.2) is 0 Å². The second-order valence-electron chi connectivity index (χ2n) is 7.56. The normalized spacial score (nSPS) is 11.8. The van der Waals surface area contributed by atoms with E-state index in [1.807, 2.05) is 37.3 Å². The number of aromatic nitrogens is 4. The van der Waals surface area contributed by atoms with Crippen LogP contribution in [0.5, 0.6) is 5.75 Å². The van der Waals surface area contributed by atoms with Crippen LogP contribution in [0.25, 0.3) is 0 Å². The van der Waals surface area contributed by atoms with Crippen molar-refractivity contribution in [2.24, 2.45) is 14.1 Å². The molecule has 0 saturated heterocycles. The Bertz CT molecular complexity index is 1240. The molecule has 3 rings (SSSR count). The van der Waals surface area contributed by atoms with E-state index in [1.165, 1.54) is 23.7 Å². The Morgan fingerprint density at radius 1 is 1.19 bits per heavy atom. The van der Waals surface area contributed by atoms with E-state index in [0.717, 1.165) is 10.2 Å². The minimum absolute atomic E-state index is 0.0255. The highest BCUT2D eigenvalue weighted by molar-refractivity contribution is 5.97. The summed E-state index contributed by atoms with van der Waals surface area (Å²) in [5, 5.41) is 23.0. The molecular formula is C21H27N7O4. The molecule has 0 aliphatic heterocycles. The number of benzene rings is 1. The number of nitrogens with zero attached hydrogens (tertiary/aromatic N) is 4. The number of carbonyl (C=O) groups excluding carboxylic acids is 1. The summed E-state index contributed by atoms with van der Waals surface area (Å²) in [7, 11) is 6.03. The largest absolute Gasteiger partial charge is 0.503 e. The minimum atomic E-state index is -0.594. The molecule has 1 atom stereocenters. The number of rotatable bonds is 7. The summed E-state index contributed by atoms with van der Waals surface area (Å²) in [4.78, 5) is 39.3. The molecular weight excluding hydrogens is 414 g/mol. The SMILES string of the molecule is CC[C@@H](Nc1c(Nc2nn(C)c(C(=O)N(C)C)c2O)c(=O)[nH]n(C)c1=O)c1ccccc1. The molecule has 0 unspecified atom stereocenters. The van der Waals surface area contributed by atoms with Gasteiger partial charge in [0.25, 0.3) is 17.0 Å². The van der Waals surface area contributed by atoms with Crippen LogP contribution in [-0.4, -0.2) is 49.6 Å². The van der Waals surface area contributed by atoms with Gasteiger partial charge >= 0.3 is 0 Å². The lowest BCUT2D eigenvalue weighted by atomic mass is 10.0. The summed E-state index contributed by atoms with van der Waals surface area (Å²) in [5.41, 5.74) is -0.257. The number of carbonyl (C=O) groups is 1. The van der Waals surface area contributed by atoms with Gasteiger partial charge in [0.1, 0.15) is 11.4 Å². The number of hydrogen-bond acceptors (Lipinski definition) is 7. The number of amides is 1. The molecule has 0 aliphatic rings. The molecule has 2 heterocycles. The number of anilines is 3. The molecule has 0 radical (unpaired) electrons. The summed E-state index contributed by atoms with van der Waals surface area (Å²) >= 11 is 0. The molecule has 11 heteroatoms. The molecule has 0 saturated carbocycles. The maximum absolute atomic E-state index is 12.9. The Hall–Kier alpha value is -4.02. The Balaban J connectivity index is 2.08. The predicted octanol–water partition coefficient (Wildman–Crippen LogP) is 1.52. The average molecular weight is 441 g/mol. The average Bonchev–Trinajstić information content (AvgIpc) is 3.04. The predicted molar refractivity (Wildman–Crippen MR) is 122 cm³/mol. The highest BCUT2D eigenvalue weighted by Gasteiger charge is 2.26. The van der Waals surface area contributed by atoms with E-state index in [4.69, 9.17) is 0 Å². The fourth-order valence-corrected chi connectivity index (χ4v) is 3.35. The first kappa shape index (κ1) is 22.7. The van der Waals surface area contributed by atoms with E-state index < -0.39 is 22.8 Å². The van der Waals surface area contributed by atoms with Crippen LogP contribution < -0.4 is 21.8 Å². The van der Waals surface area contributed by atoms with Crippen molar-refractivity contribution in [3.63, 3.8) is 0 Å². The lowest BCUT2D eigenvalue weighted by molar-refractivity contribution is 0.0814. The minimum Gasteiger partial charge on any atom is -0.503 e.